The summed E-state index contributed by atoms with van der Waals surface area (Å²) in [6, 6.07) is 0. The maximum absolute atomic E-state index is 12.7. The molecule has 0 aromatic heterocycles. The molecule has 0 aromatic carbocycles. The third-order valence-corrected chi connectivity index (χ3v) is 2.09. The molecule has 0 aliphatic heterocycles. The lowest BCUT2D eigenvalue weighted by atomic mass is 10.1. The van der Waals surface area contributed by atoms with E-state index in [1.165, 1.54) is 6.08 Å². The Hall–Kier alpha value is -0.350. The zero-order chi connectivity index (χ0) is 8.97. The van der Waals surface area contributed by atoms with E-state index in [1.54, 1.807) is 6.08 Å². The largest absolute Gasteiger partial charge is 0.490 e. The van der Waals surface area contributed by atoms with Crippen LogP contribution in [0.1, 0.15) is 6.42 Å². The number of allylic oxidation sites excluding steroid dienone is 3. The Morgan fingerprint density at radius 2 is 2.50 bits per heavy atom. The number of rotatable bonds is 3. The van der Waals surface area contributed by atoms with Crippen molar-refractivity contribution in [1.29, 1.82) is 0 Å². The van der Waals surface area contributed by atoms with E-state index in [1.807, 2.05) is 0 Å². The van der Waals surface area contributed by atoms with Crippen LogP contribution < -0.4 is 0 Å². The summed E-state index contributed by atoms with van der Waals surface area (Å²) in [4.78, 5) is 0. The standard InChI is InChI=1S/C8H10BrFO2/c9-7-5-6(10)1-2-8(7)12-4-3-11/h2,5-6,11H,1,3-4H2. The van der Waals surface area contributed by atoms with Crippen molar-refractivity contribution >= 4 is 15.9 Å². The van der Waals surface area contributed by atoms with Gasteiger partial charge in [0.25, 0.3) is 0 Å². The molecule has 1 atom stereocenters. The Bertz CT molecular complexity index is 213. The van der Waals surface area contributed by atoms with Crippen molar-refractivity contribution in [3.8, 4) is 0 Å². The number of aliphatic hydroxyl groups excluding tert-OH is 1. The minimum Gasteiger partial charge on any atom is -0.490 e. The van der Waals surface area contributed by atoms with Crippen LogP contribution in [0.3, 0.4) is 0 Å². The second kappa shape index (κ2) is 4.62. The van der Waals surface area contributed by atoms with Crippen LogP contribution in [0.2, 0.25) is 0 Å². The van der Waals surface area contributed by atoms with Gasteiger partial charge in [-0.15, -0.1) is 0 Å². The third kappa shape index (κ3) is 2.60. The molecule has 0 saturated heterocycles. The Labute approximate surface area is 78.8 Å². The lowest BCUT2D eigenvalue weighted by Crippen LogP contribution is -2.06. The minimum atomic E-state index is -0.930. The molecule has 0 aromatic rings. The van der Waals surface area contributed by atoms with Gasteiger partial charge in [-0.25, -0.2) is 4.39 Å². The van der Waals surface area contributed by atoms with E-state index in [4.69, 9.17) is 9.84 Å². The summed E-state index contributed by atoms with van der Waals surface area (Å²) >= 11 is 3.17. The van der Waals surface area contributed by atoms with E-state index >= 15 is 0 Å². The number of alkyl halides is 1. The summed E-state index contributed by atoms with van der Waals surface area (Å²) in [5.74, 6) is 0.609. The monoisotopic (exact) mass is 236 g/mol. The van der Waals surface area contributed by atoms with E-state index in [0.717, 1.165) is 0 Å². The third-order valence-electron chi connectivity index (χ3n) is 1.44. The molecule has 0 fully saturated rings. The highest BCUT2D eigenvalue weighted by atomic mass is 79.9. The van der Waals surface area contributed by atoms with Gasteiger partial charge in [0.2, 0.25) is 0 Å². The van der Waals surface area contributed by atoms with Gasteiger partial charge in [-0.3, -0.25) is 0 Å². The van der Waals surface area contributed by atoms with Crippen LogP contribution in [-0.4, -0.2) is 24.5 Å². The summed E-state index contributed by atoms with van der Waals surface area (Å²) in [5.41, 5.74) is 0. The number of hydrogen-bond acceptors (Lipinski definition) is 2. The first kappa shape index (κ1) is 9.74. The summed E-state index contributed by atoms with van der Waals surface area (Å²) in [6.45, 7) is 0.211. The summed E-state index contributed by atoms with van der Waals surface area (Å²) in [7, 11) is 0. The first-order chi connectivity index (χ1) is 5.74. The Morgan fingerprint density at radius 1 is 1.75 bits per heavy atom. The molecule has 0 saturated carbocycles. The molecular weight excluding hydrogens is 227 g/mol. The van der Waals surface area contributed by atoms with Crippen molar-refractivity contribution in [3.63, 3.8) is 0 Å². The average molecular weight is 237 g/mol. The van der Waals surface area contributed by atoms with Gasteiger partial charge in [0.05, 0.1) is 11.1 Å². The molecule has 68 valence electrons. The normalized spacial score (nSPS) is 23.1. The minimum absolute atomic E-state index is 0.0311. The first-order valence-corrected chi connectivity index (χ1v) is 4.49. The van der Waals surface area contributed by atoms with Crippen LogP contribution in [0.4, 0.5) is 4.39 Å². The smallest absolute Gasteiger partial charge is 0.129 e. The van der Waals surface area contributed by atoms with Crippen molar-refractivity contribution < 1.29 is 14.2 Å². The molecule has 12 heavy (non-hydrogen) atoms. The van der Waals surface area contributed by atoms with Crippen molar-refractivity contribution in [2.45, 2.75) is 12.6 Å². The molecule has 4 heteroatoms. The molecule has 0 radical (unpaired) electrons. The van der Waals surface area contributed by atoms with Crippen LogP contribution in [0.25, 0.3) is 0 Å². The Balaban J connectivity index is 2.49. The number of aliphatic hydroxyl groups is 1. The van der Waals surface area contributed by atoms with Gasteiger partial charge in [0, 0.05) is 6.42 Å². The highest BCUT2D eigenvalue weighted by molar-refractivity contribution is 9.11. The lowest BCUT2D eigenvalue weighted by molar-refractivity contribution is 0.149. The Morgan fingerprint density at radius 3 is 3.08 bits per heavy atom. The quantitative estimate of drug-likeness (QED) is 0.812. The van der Waals surface area contributed by atoms with Gasteiger partial charge in [-0.05, 0) is 28.1 Å². The topological polar surface area (TPSA) is 29.5 Å². The van der Waals surface area contributed by atoms with Gasteiger partial charge >= 0.3 is 0 Å². The van der Waals surface area contributed by atoms with Crippen LogP contribution in [0.5, 0.6) is 0 Å². The highest BCUT2D eigenvalue weighted by Crippen LogP contribution is 2.25. The lowest BCUT2D eigenvalue weighted by Gasteiger charge is -2.14. The van der Waals surface area contributed by atoms with Crippen LogP contribution in [-0.2, 0) is 4.74 Å². The fraction of sp³-hybridized carbons (Fsp3) is 0.500. The van der Waals surface area contributed by atoms with Gasteiger partial charge in [0.1, 0.15) is 18.5 Å². The zero-order valence-corrected chi connectivity index (χ0v) is 8.05. The first-order valence-electron chi connectivity index (χ1n) is 3.69. The van der Waals surface area contributed by atoms with Crippen LogP contribution in [0, 0.1) is 0 Å². The molecule has 0 amide bonds. The maximum atomic E-state index is 12.7. The van der Waals surface area contributed by atoms with E-state index in [0.29, 0.717) is 16.7 Å². The molecule has 0 bridgehead atoms. The molecule has 1 rings (SSSR count). The van der Waals surface area contributed by atoms with Crippen molar-refractivity contribution in [3.05, 3.63) is 22.4 Å². The second-order valence-corrected chi connectivity index (χ2v) is 3.26. The van der Waals surface area contributed by atoms with Crippen LogP contribution in [0.15, 0.2) is 22.4 Å². The molecule has 1 unspecified atom stereocenters. The van der Waals surface area contributed by atoms with E-state index < -0.39 is 6.17 Å². The maximum Gasteiger partial charge on any atom is 0.129 e. The highest BCUT2D eigenvalue weighted by Gasteiger charge is 2.13. The number of halogens is 2. The predicted octanol–water partition coefficient (Wildman–Crippen LogP) is 1.90. The van der Waals surface area contributed by atoms with Crippen LogP contribution >= 0.6 is 15.9 Å². The second-order valence-electron chi connectivity index (χ2n) is 2.41. The fourth-order valence-electron chi connectivity index (χ4n) is 0.910. The molecule has 0 heterocycles. The molecule has 0 spiro atoms. The van der Waals surface area contributed by atoms with E-state index in [2.05, 4.69) is 15.9 Å². The summed E-state index contributed by atoms with van der Waals surface area (Å²) < 4.78 is 18.4. The average Bonchev–Trinajstić information content (AvgIpc) is 2.03. The fourth-order valence-corrected chi connectivity index (χ4v) is 1.47. The zero-order valence-electron chi connectivity index (χ0n) is 6.46. The Kier molecular flexibility index (Phi) is 3.75. The number of hydrogen-bond donors (Lipinski definition) is 1. The van der Waals surface area contributed by atoms with Gasteiger partial charge < -0.3 is 9.84 Å². The molecule has 1 aliphatic carbocycles. The molecule has 1 N–H and O–H groups in total. The summed E-state index contributed by atoms with van der Waals surface area (Å²) in [5, 5.41) is 8.47. The molecule has 2 nitrogen and oxygen atoms in total. The van der Waals surface area contributed by atoms with E-state index in [9.17, 15) is 4.39 Å². The van der Waals surface area contributed by atoms with Crippen molar-refractivity contribution in [2.75, 3.05) is 13.2 Å². The summed E-state index contributed by atoms with van der Waals surface area (Å²) in [6.07, 6.45) is 2.54. The number of ether oxygens (including phenoxy) is 1. The molecule has 1 aliphatic rings. The van der Waals surface area contributed by atoms with E-state index in [-0.39, 0.29) is 13.2 Å². The van der Waals surface area contributed by atoms with Gasteiger partial charge in [-0.1, -0.05) is 0 Å². The van der Waals surface area contributed by atoms with Gasteiger partial charge in [-0.2, -0.15) is 0 Å². The molecular formula is C8H10BrFO2. The predicted molar refractivity (Wildman–Crippen MR) is 47.6 cm³/mol. The van der Waals surface area contributed by atoms with Gasteiger partial charge in [0.15, 0.2) is 0 Å². The SMILES string of the molecule is OCCOC1=CCC(F)C=C1Br. The van der Waals surface area contributed by atoms with Crippen molar-refractivity contribution in [1.82, 2.24) is 0 Å². The van der Waals surface area contributed by atoms with Crippen molar-refractivity contribution in [2.24, 2.45) is 0 Å².